The average Bonchev–Trinajstić information content (AvgIpc) is 2.76. The molecule has 0 aliphatic carbocycles. The minimum Gasteiger partial charge on any atom is -0.294 e. The Balaban J connectivity index is 1.74. The van der Waals surface area contributed by atoms with Gasteiger partial charge in [-0.2, -0.15) is 24.9 Å². The fraction of sp³-hybridized carbons (Fsp3) is 0.533. The first kappa shape index (κ1) is 14.0. The van der Waals surface area contributed by atoms with E-state index in [-0.39, 0.29) is 11.7 Å². The van der Waals surface area contributed by atoms with Crippen molar-refractivity contribution in [1.82, 2.24) is 0 Å². The van der Waals surface area contributed by atoms with Gasteiger partial charge < -0.3 is 0 Å². The number of thioether (sulfide) groups is 1. The first-order valence-corrected chi connectivity index (χ1v) is 7.74. The highest BCUT2D eigenvalue weighted by Gasteiger charge is 2.38. The molecule has 1 aromatic rings. The van der Waals surface area contributed by atoms with Gasteiger partial charge in [0.2, 0.25) is 0 Å². The number of benzene rings is 1. The van der Waals surface area contributed by atoms with E-state index in [2.05, 4.69) is 0 Å². The van der Waals surface area contributed by atoms with Gasteiger partial charge in [-0.25, -0.2) is 0 Å². The highest BCUT2D eigenvalue weighted by Crippen LogP contribution is 2.46. The van der Waals surface area contributed by atoms with Crippen LogP contribution in [0.4, 0.5) is 13.2 Å². The second-order valence-corrected chi connectivity index (χ2v) is 7.17. The van der Waals surface area contributed by atoms with Crippen molar-refractivity contribution in [2.24, 2.45) is 5.92 Å². The van der Waals surface area contributed by atoms with Crippen LogP contribution in [-0.2, 0) is 6.18 Å². The molecular weight excluding hydrogens is 285 g/mol. The number of alkyl halides is 3. The molecule has 2 saturated heterocycles. The van der Waals surface area contributed by atoms with E-state index < -0.39 is 11.7 Å². The smallest absolute Gasteiger partial charge is 0.294 e. The van der Waals surface area contributed by atoms with Gasteiger partial charge in [0.1, 0.15) is 0 Å². The van der Waals surface area contributed by atoms with Crippen LogP contribution in [0.3, 0.4) is 0 Å². The molecule has 0 aromatic heterocycles. The van der Waals surface area contributed by atoms with Gasteiger partial charge in [-0.1, -0.05) is 12.1 Å². The Hall–Kier alpha value is -0.970. The second kappa shape index (κ2) is 5.10. The number of rotatable bonds is 2. The molecule has 5 heteroatoms. The lowest BCUT2D eigenvalue weighted by Gasteiger charge is -2.26. The molecule has 0 saturated carbocycles. The van der Waals surface area contributed by atoms with Gasteiger partial charge in [0.05, 0.1) is 5.56 Å². The van der Waals surface area contributed by atoms with Crippen LogP contribution in [0.25, 0.3) is 0 Å². The Labute approximate surface area is 119 Å². The summed E-state index contributed by atoms with van der Waals surface area (Å²) in [5.41, 5.74) is -0.289. The first-order valence-electron chi connectivity index (χ1n) is 6.80. The Morgan fingerprint density at radius 2 is 1.60 bits per heavy atom. The summed E-state index contributed by atoms with van der Waals surface area (Å²) >= 11 is 1.97. The molecule has 1 aromatic carbocycles. The minimum atomic E-state index is -4.35. The summed E-state index contributed by atoms with van der Waals surface area (Å²) in [6.07, 6.45) is -0.248. The zero-order chi connectivity index (χ0) is 14.3. The van der Waals surface area contributed by atoms with Crippen LogP contribution >= 0.6 is 11.8 Å². The number of halogens is 3. The standard InChI is InChI=1S/C15H15F3OS/c16-15(17,18)11-3-1-9(2-4-11)14(19)10-7-12-5-6-13(8-10)20-12/h1-4,10,12-13H,5-8H2. The van der Waals surface area contributed by atoms with Crippen molar-refractivity contribution >= 4 is 17.5 Å². The quantitative estimate of drug-likeness (QED) is 0.745. The van der Waals surface area contributed by atoms with Gasteiger partial charge >= 0.3 is 6.18 Å². The Kier molecular flexibility index (Phi) is 3.56. The summed E-state index contributed by atoms with van der Waals surface area (Å²) < 4.78 is 37.5. The van der Waals surface area contributed by atoms with E-state index in [1.54, 1.807) is 0 Å². The van der Waals surface area contributed by atoms with E-state index in [9.17, 15) is 18.0 Å². The third kappa shape index (κ3) is 2.73. The van der Waals surface area contributed by atoms with Gasteiger partial charge in [0.25, 0.3) is 0 Å². The number of carbonyl (C=O) groups is 1. The van der Waals surface area contributed by atoms with Gasteiger partial charge in [0, 0.05) is 22.0 Å². The van der Waals surface area contributed by atoms with Crippen LogP contribution in [-0.4, -0.2) is 16.3 Å². The molecule has 2 bridgehead atoms. The third-order valence-electron chi connectivity index (χ3n) is 4.16. The molecule has 0 spiro atoms. The SMILES string of the molecule is O=C(c1ccc(C(F)(F)F)cc1)C1CC2CCC(C1)S2. The number of fused-ring (bicyclic) bond motifs is 2. The van der Waals surface area contributed by atoms with Crippen molar-refractivity contribution < 1.29 is 18.0 Å². The fourth-order valence-corrected chi connectivity index (χ4v) is 4.91. The lowest BCUT2D eigenvalue weighted by Crippen LogP contribution is -2.24. The molecule has 2 unspecified atom stereocenters. The topological polar surface area (TPSA) is 17.1 Å². The minimum absolute atomic E-state index is 0.00881. The van der Waals surface area contributed by atoms with Crippen molar-refractivity contribution in [3.63, 3.8) is 0 Å². The second-order valence-electron chi connectivity index (χ2n) is 5.57. The number of carbonyl (C=O) groups excluding carboxylic acids is 1. The molecule has 2 aliphatic rings. The first-order chi connectivity index (χ1) is 9.43. The Morgan fingerprint density at radius 1 is 1.05 bits per heavy atom. The molecule has 2 fully saturated rings. The summed E-state index contributed by atoms with van der Waals surface area (Å²) in [6, 6.07) is 4.63. The summed E-state index contributed by atoms with van der Waals surface area (Å²) in [4.78, 5) is 12.4. The zero-order valence-electron chi connectivity index (χ0n) is 10.8. The third-order valence-corrected chi connectivity index (χ3v) is 5.78. The molecule has 2 heterocycles. The number of ketones is 1. The van der Waals surface area contributed by atoms with Gasteiger partial charge in [-0.05, 0) is 37.8 Å². The van der Waals surface area contributed by atoms with Crippen LogP contribution in [0, 0.1) is 5.92 Å². The largest absolute Gasteiger partial charge is 0.416 e. The Morgan fingerprint density at radius 3 is 2.10 bits per heavy atom. The maximum atomic E-state index is 12.5. The van der Waals surface area contributed by atoms with Crippen LogP contribution in [0.1, 0.15) is 41.6 Å². The average molecular weight is 300 g/mol. The number of Topliss-reactive ketones (excluding diaryl/α,β-unsaturated/α-hetero) is 1. The molecule has 108 valence electrons. The highest BCUT2D eigenvalue weighted by molar-refractivity contribution is 8.00. The van der Waals surface area contributed by atoms with E-state index in [1.165, 1.54) is 25.0 Å². The van der Waals surface area contributed by atoms with E-state index in [4.69, 9.17) is 0 Å². The van der Waals surface area contributed by atoms with Crippen LogP contribution < -0.4 is 0 Å². The van der Waals surface area contributed by atoms with Crippen LogP contribution in [0.15, 0.2) is 24.3 Å². The predicted molar refractivity (Wildman–Crippen MR) is 72.9 cm³/mol. The normalized spacial score (nSPS) is 29.4. The van der Waals surface area contributed by atoms with Crippen LogP contribution in [0.2, 0.25) is 0 Å². The fourth-order valence-electron chi connectivity index (χ4n) is 3.13. The lowest BCUT2D eigenvalue weighted by atomic mass is 9.90. The van der Waals surface area contributed by atoms with E-state index in [1.807, 2.05) is 11.8 Å². The van der Waals surface area contributed by atoms with Crippen molar-refractivity contribution in [1.29, 1.82) is 0 Å². The number of hydrogen-bond donors (Lipinski definition) is 0. The predicted octanol–water partition coefficient (Wildman–Crippen LogP) is 4.56. The van der Waals surface area contributed by atoms with Gasteiger partial charge in [-0.15, -0.1) is 0 Å². The van der Waals surface area contributed by atoms with E-state index in [0.29, 0.717) is 16.1 Å². The molecule has 20 heavy (non-hydrogen) atoms. The summed E-state index contributed by atoms with van der Waals surface area (Å²) in [6.45, 7) is 0. The van der Waals surface area contributed by atoms with Crippen LogP contribution in [0.5, 0.6) is 0 Å². The maximum Gasteiger partial charge on any atom is 0.416 e. The van der Waals surface area contributed by atoms with Crippen molar-refractivity contribution in [2.75, 3.05) is 0 Å². The Bertz CT molecular complexity index is 497. The summed E-state index contributed by atoms with van der Waals surface area (Å²) in [5, 5.41) is 1.13. The van der Waals surface area contributed by atoms with Gasteiger partial charge in [-0.3, -0.25) is 4.79 Å². The molecule has 0 radical (unpaired) electrons. The molecule has 3 rings (SSSR count). The molecule has 0 N–H and O–H groups in total. The summed E-state index contributed by atoms with van der Waals surface area (Å²) in [7, 11) is 0. The maximum absolute atomic E-state index is 12.5. The summed E-state index contributed by atoms with van der Waals surface area (Å²) in [5.74, 6) is 0.00131. The van der Waals surface area contributed by atoms with Gasteiger partial charge in [0.15, 0.2) is 5.78 Å². The monoisotopic (exact) mass is 300 g/mol. The van der Waals surface area contributed by atoms with E-state index in [0.717, 1.165) is 25.0 Å². The molecule has 2 atom stereocenters. The van der Waals surface area contributed by atoms with Crippen molar-refractivity contribution in [3.05, 3.63) is 35.4 Å². The molecule has 0 amide bonds. The highest BCUT2D eigenvalue weighted by atomic mass is 32.2. The number of hydrogen-bond acceptors (Lipinski definition) is 2. The van der Waals surface area contributed by atoms with E-state index >= 15 is 0 Å². The molecular formula is C15H15F3OS. The zero-order valence-corrected chi connectivity index (χ0v) is 11.6. The molecule has 2 aliphatic heterocycles. The van der Waals surface area contributed by atoms with Crippen molar-refractivity contribution in [2.45, 2.75) is 42.4 Å². The lowest BCUT2D eigenvalue weighted by molar-refractivity contribution is -0.137. The molecule has 1 nitrogen and oxygen atoms in total. The van der Waals surface area contributed by atoms with Crippen molar-refractivity contribution in [3.8, 4) is 0 Å².